The zero-order valence-corrected chi connectivity index (χ0v) is 13.6. The van der Waals surface area contributed by atoms with Crippen molar-refractivity contribution in [1.82, 2.24) is 10.2 Å². The van der Waals surface area contributed by atoms with Gasteiger partial charge in [-0.1, -0.05) is 12.1 Å². The maximum Gasteiger partial charge on any atom is 0.239 e. The van der Waals surface area contributed by atoms with Gasteiger partial charge in [0.2, 0.25) is 5.91 Å². The predicted molar refractivity (Wildman–Crippen MR) is 88.4 cm³/mol. The van der Waals surface area contributed by atoms with Crippen LogP contribution in [-0.4, -0.2) is 68.0 Å². The molecule has 2 saturated heterocycles. The summed E-state index contributed by atoms with van der Waals surface area (Å²) in [5.41, 5.74) is 2.31. The maximum atomic E-state index is 12.3. The monoisotopic (exact) mass is 319 g/mol. The molecule has 0 aliphatic carbocycles. The fourth-order valence-corrected chi connectivity index (χ4v) is 3.16. The summed E-state index contributed by atoms with van der Waals surface area (Å²) in [5, 5.41) is 12.6. The van der Waals surface area contributed by atoms with E-state index in [1.807, 2.05) is 7.05 Å². The Morgan fingerprint density at radius 2 is 2.04 bits per heavy atom. The third-order valence-electron chi connectivity index (χ3n) is 4.51. The average molecular weight is 319 g/mol. The summed E-state index contributed by atoms with van der Waals surface area (Å²) in [5.74, 6) is 0.0406. The van der Waals surface area contributed by atoms with Crippen molar-refractivity contribution in [3.63, 3.8) is 0 Å². The van der Waals surface area contributed by atoms with Crippen molar-refractivity contribution in [1.29, 1.82) is 0 Å². The minimum atomic E-state index is -0.412. The van der Waals surface area contributed by atoms with Gasteiger partial charge in [-0.3, -0.25) is 4.79 Å². The van der Waals surface area contributed by atoms with E-state index in [1.165, 1.54) is 5.69 Å². The van der Waals surface area contributed by atoms with Crippen LogP contribution in [0.15, 0.2) is 24.3 Å². The second-order valence-corrected chi connectivity index (χ2v) is 6.31. The molecule has 0 aromatic heterocycles. The number of ether oxygens (including phenoxy) is 1. The summed E-state index contributed by atoms with van der Waals surface area (Å²) in [4.78, 5) is 16.4. The predicted octanol–water partition coefficient (Wildman–Crippen LogP) is 0.204. The standard InChI is InChI=1S/C17H25N3O3/c1-19(17(22)16-10-15(21)11-18-16)12-13-2-4-14(5-3-13)20-6-8-23-9-7-20/h2-5,15-16,18,21H,6-12H2,1H3/t15-,16-/m1/s1. The van der Waals surface area contributed by atoms with Gasteiger partial charge in [0.25, 0.3) is 0 Å². The van der Waals surface area contributed by atoms with E-state index in [4.69, 9.17) is 4.74 Å². The van der Waals surface area contributed by atoms with Crippen molar-refractivity contribution in [2.45, 2.75) is 25.1 Å². The van der Waals surface area contributed by atoms with E-state index in [2.05, 4.69) is 34.5 Å². The number of morpholine rings is 1. The number of carbonyl (C=O) groups is 1. The SMILES string of the molecule is CN(Cc1ccc(N2CCOCC2)cc1)C(=O)[C@H]1C[C@@H](O)CN1. The van der Waals surface area contributed by atoms with Crippen LogP contribution in [0, 0.1) is 0 Å². The molecule has 0 radical (unpaired) electrons. The lowest BCUT2D eigenvalue weighted by atomic mass is 10.1. The lowest BCUT2D eigenvalue weighted by Crippen LogP contribution is -2.41. The number of rotatable bonds is 4. The fourth-order valence-electron chi connectivity index (χ4n) is 3.16. The van der Waals surface area contributed by atoms with E-state index in [-0.39, 0.29) is 11.9 Å². The van der Waals surface area contributed by atoms with Crippen molar-refractivity contribution in [3.05, 3.63) is 29.8 Å². The van der Waals surface area contributed by atoms with Crippen LogP contribution in [0.2, 0.25) is 0 Å². The summed E-state index contributed by atoms with van der Waals surface area (Å²) in [7, 11) is 1.81. The third kappa shape index (κ3) is 4.02. The third-order valence-corrected chi connectivity index (χ3v) is 4.51. The molecule has 2 atom stereocenters. The average Bonchev–Trinajstić information content (AvgIpc) is 3.02. The molecule has 1 aromatic carbocycles. The first-order chi connectivity index (χ1) is 11.1. The summed E-state index contributed by atoms with van der Waals surface area (Å²) in [6, 6.07) is 8.10. The number of aliphatic hydroxyl groups is 1. The molecule has 1 aromatic rings. The van der Waals surface area contributed by atoms with Crippen molar-refractivity contribution < 1.29 is 14.6 Å². The van der Waals surface area contributed by atoms with E-state index in [1.54, 1.807) is 4.90 Å². The van der Waals surface area contributed by atoms with Crippen LogP contribution in [0.4, 0.5) is 5.69 Å². The minimum absolute atomic E-state index is 0.0406. The van der Waals surface area contributed by atoms with E-state index in [0.717, 1.165) is 31.9 Å². The molecule has 6 heteroatoms. The number of amides is 1. The lowest BCUT2D eigenvalue weighted by Gasteiger charge is -2.29. The van der Waals surface area contributed by atoms with Gasteiger partial charge in [-0.2, -0.15) is 0 Å². The number of nitrogens with zero attached hydrogens (tertiary/aromatic N) is 2. The molecule has 6 nitrogen and oxygen atoms in total. The molecule has 23 heavy (non-hydrogen) atoms. The fraction of sp³-hybridized carbons (Fsp3) is 0.588. The summed E-state index contributed by atoms with van der Waals surface area (Å²) >= 11 is 0. The molecular weight excluding hydrogens is 294 g/mol. The Labute approximate surface area is 137 Å². The van der Waals surface area contributed by atoms with Gasteiger partial charge in [-0.05, 0) is 24.1 Å². The molecule has 2 N–H and O–H groups in total. The first-order valence-corrected chi connectivity index (χ1v) is 8.21. The first-order valence-electron chi connectivity index (χ1n) is 8.21. The minimum Gasteiger partial charge on any atom is -0.392 e. The molecule has 2 aliphatic heterocycles. The van der Waals surface area contributed by atoms with Crippen molar-refractivity contribution in [2.24, 2.45) is 0 Å². The smallest absolute Gasteiger partial charge is 0.239 e. The molecule has 3 rings (SSSR count). The number of carbonyl (C=O) groups excluding carboxylic acids is 1. The molecule has 0 unspecified atom stereocenters. The van der Waals surface area contributed by atoms with Gasteiger partial charge in [0.15, 0.2) is 0 Å². The number of benzene rings is 1. The Balaban J connectivity index is 1.56. The maximum absolute atomic E-state index is 12.3. The van der Waals surface area contributed by atoms with Crippen LogP contribution >= 0.6 is 0 Å². The van der Waals surface area contributed by atoms with Crippen molar-refractivity contribution in [3.8, 4) is 0 Å². The largest absolute Gasteiger partial charge is 0.392 e. The highest BCUT2D eigenvalue weighted by Gasteiger charge is 2.29. The first kappa shape index (κ1) is 16.2. The highest BCUT2D eigenvalue weighted by Crippen LogP contribution is 2.18. The lowest BCUT2D eigenvalue weighted by molar-refractivity contribution is -0.132. The Morgan fingerprint density at radius 1 is 1.35 bits per heavy atom. The number of aliphatic hydroxyl groups excluding tert-OH is 1. The van der Waals surface area contributed by atoms with Crippen LogP contribution in [0.5, 0.6) is 0 Å². The van der Waals surface area contributed by atoms with Gasteiger partial charge in [0.05, 0.1) is 25.4 Å². The topological polar surface area (TPSA) is 65.0 Å². The highest BCUT2D eigenvalue weighted by atomic mass is 16.5. The molecule has 2 heterocycles. The summed E-state index contributed by atoms with van der Waals surface area (Å²) in [6.45, 7) is 4.48. The van der Waals surface area contributed by atoms with Crippen molar-refractivity contribution >= 4 is 11.6 Å². The molecule has 1 amide bonds. The summed E-state index contributed by atoms with van der Waals surface area (Å²) in [6.07, 6.45) is 0.0873. The number of anilines is 1. The van der Waals surface area contributed by atoms with Crippen molar-refractivity contribution in [2.75, 3.05) is 44.8 Å². The van der Waals surface area contributed by atoms with Gasteiger partial charge in [-0.15, -0.1) is 0 Å². The zero-order chi connectivity index (χ0) is 16.2. The molecule has 0 saturated carbocycles. The number of hydrogen-bond donors (Lipinski definition) is 2. The van der Waals surface area contributed by atoms with Gasteiger partial charge >= 0.3 is 0 Å². The van der Waals surface area contributed by atoms with Crippen LogP contribution in [0.25, 0.3) is 0 Å². The van der Waals surface area contributed by atoms with Gasteiger partial charge in [0.1, 0.15) is 0 Å². The molecule has 126 valence electrons. The van der Waals surface area contributed by atoms with Crippen LogP contribution in [0.1, 0.15) is 12.0 Å². The molecule has 0 spiro atoms. The van der Waals surface area contributed by atoms with E-state index in [0.29, 0.717) is 19.5 Å². The normalized spacial score (nSPS) is 24.7. The Bertz CT molecular complexity index is 528. The Morgan fingerprint density at radius 3 is 2.65 bits per heavy atom. The number of hydrogen-bond acceptors (Lipinski definition) is 5. The second-order valence-electron chi connectivity index (χ2n) is 6.31. The summed E-state index contributed by atoms with van der Waals surface area (Å²) < 4.78 is 5.37. The Hall–Kier alpha value is -1.63. The number of likely N-dealkylation sites (N-methyl/N-ethyl adjacent to an activating group) is 1. The second kappa shape index (κ2) is 7.29. The van der Waals surface area contributed by atoms with E-state index in [9.17, 15) is 9.90 Å². The van der Waals surface area contributed by atoms with Crippen LogP contribution in [0.3, 0.4) is 0 Å². The van der Waals surface area contributed by atoms with E-state index < -0.39 is 6.10 Å². The molecule has 0 bridgehead atoms. The van der Waals surface area contributed by atoms with Gasteiger partial charge in [0, 0.05) is 38.9 Å². The highest BCUT2D eigenvalue weighted by molar-refractivity contribution is 5.82. The number of β-amino-alcohol motifs (C(OH)–C–C–N with tert-alkyl or cyclic N) is 1. The van der Waals surface area contributed by atoms with E-state index >= 15 is 0 Å². The quantitative estimate of drug-likeness (QED) is 0.830. The van der Waals surface area contributed by atoms with Gasteiger partial charge in [-0.25, -0.2) is 0 Å². The zero-order valence-electron chi connectivity index (χ0n) is 13.6. The molecule has 2 aliphatic rings. The molecular formula is C17H25N3O3. The number of nitrogens with one attached hydrogen (secondary N) is 1. The Kier molecular flexibility index (Phi) is 5.15. The van der Waals surface area contributed by atoms with Crippen LogP contribution < -0.4 is 10.2 Å². The van der Waals surface area contributed by atoms with Gasteiger partial charge < -0.3 is 25.0 Å². The van der Waals surface area contributed by atoms with Crippen LogP contribution in [-0.2, 0) is 16.1 Å². The molecule has 2 fully saturated rings.